The molecule has 0 aliphatic carbocycles. The number of Topliss-reactive ketones (excluding diaryl/α,β-unsaturated/α-hetero) is 1. The van der Waals surface area contributed by atoms with E-state index in [9.17, 15) is 9.90 Å². The van der Waals surface area contributed by atoms with Crippen LogP contribution in [0.25, 0.3) is 0 Å². The molecule has 1 atom stereocenters. The number of ether oxygens (including phenoxy) is 2. The van der Waals surface area contributed by atoms with Crippen LogP contribution in [-0.2, 0) is 0 Å². The van der Waals surface area contributed by atoms with Gasteiger partial charge in [0.1, 0.15) is 12.7 Å². The Morgan fingerprint density at radius 3 is 2.39 bits per heavy atom. The molecule has 0 radical (unpaired) electrons. The van der Waals surface area contributed by atoms with Gasteiger partial charge in [-0.15, -0.1) is 0 Å². The van der Waals surface area contributed by atoms with E-state index in [1.165, 1.54) is 14.0 Å². The van der Waals surface area contributed by atoms with Gasteiger partial charge in [-0.25, -0.2) is 0 Å². The third-order valence-corrected chi connectivity index (χ3v) is 3.55. The molecule has 0 saturated carbocycles. The maximum Gasteiger partial charge on any atom is 0.161 e. The number of aliphatic hydroxyl groups excluding tert-OH is 1. The monoisotopic (exact) mass is 323 g/mol. The van der Waals surface area contributed by atoms with Crippen LogP contribution in [-0.4, -0.2) is 55.2 Å². The van der Waals surface area contributed by atoms with Crippen molar-refractivity contribution in [2.75, 3.05) is 33.4 Å². The first-order valence-corrected chi connectivity index (χ1v) is 8.23. The van der Waals surface area contributed by atoms with E-state index in [1.807, 2.05) is 0 Å². The van der Waals surface area contributed by atoms with Gasteiger partial charge in [-0.05, 0) is 51.1 Å². The molecule has 0 unspecified atom stereocenters. The molecule has 1 aromatic carbocycles. The van der Waals surface area contributed by atoms with Crippen LogP contribution in [0.3, 0.4) is 0 Å². The Morgan fingerprint density at radius 1 is 1.22 bits per heavy atom. The molecule has 1 N–H and O–H groups in total. The maximum absolute atomic E-state index is 11.4. The third kappa shape index (κ3) is 6.59. The minimum atomic E-state index is -0.565. The lowest BCUT2D eigenvalue weighted by Gasteiger charge is -2.24. The van der Waals surface area contributed by atoms with Crippen molar-refractivity contribution in [3.8, 4) is 11.5 Å². The molecule has 130 valence electrons. The van der Waals surface area contributed by atoms with E-state index in [2.05, 4.69) is 18.7 Å². The van der Waals surface area contributed by atoms with Crippen LogP contribution in [0.15, 0.2) is 18.2 Å². The van der Waals surface area contributed by atoms with Crippen molar-refractivity contribution in [1.29, 1.82) is 0 Å². The number of hydrogen-bond acceptors (Lipinski definition) is 5. The van der Waals surface area contributed by atoms with Crippen LogP contribution in [0.1, 0.15) is 44.0 Å². The molecule has 0 heterocycles. The number of aliphatic hydroxyl groups is 1. The van der Waals surface area contributed by atoms with Crippen molar-refractivity contribution in [2.45, 2.75) is 39.7 Å². The third-order valence-electron chi connectivity index (χ3n) is 3.55. The van der Waals surface area contributed by atoms with Crippen LogP contribution >= 0.6 is 0 Å². The molecule has 5 nitrogen and oxygen atoms in total. The summed E-state index contributed by atoms with van der Waals surface area (Å²) in [7, 11) is 1.53. The van der Waals surface area contributed by atoms with Crippen LogP contribution in [0.5, 0.6) is 11.5 Å². The Kier molecular flexibility index (Phi) is 8.66. The molecule has 0 aromatic heterocycles. The highest BCUT2D eigenvalue weighted by Crippen LogP contribution is 2.28. The van der Waals surface area contributed by atoms with Gasteiger partial charge in [0.15, 0.2) is 17.3 Å². The smallest absolute Gasteiger partial charge is 0.161 e. The number of carbonyl (C=O) groups is 1. The Bertz CT molecular complexity index is 484. The molecule has 5 heteroatoms. The molecule has 0 aliphatic rings. The van der Waals surface area contributed by atoms with E-state index in [4.69, 9.17) is 9.47 Å². The van der Waals surface area contributed by atoms with Gasteiger partial charge >= 0.3 is 0 Å². The fraction of sp³-hybridized carbons (Fsp3) is 0.611. The Hall–Kier alpha value is -1.59. The van der Waals surface area contributed by atoms with Gasteiger partial charge in [-0.3, -0.25) is 4.79 Å². The minimum absolute atomic E-state index is 0.0235. The van der Waals surface area contributed by atoms with Crippen molar-refractivity contribution < 1.29 is 19.4 Å². The highest BCUT2D eigenvalue weighted by molar-refractivity contribution is 5.94. The fourth-order valence-electron chi connectivity index (χ4n) is 2.47. The molecule has 0 spiro atoms. The standard InChI is InChI=1S/C18H29NO4/c1-5-9-19(10-6-2)12-16(21)13-23-17-8-7-15(14(3)20)11-18(17)22-4/h7-8,11,16,21H,5-6,9-10,12-13H2,1-4H3/t16-/m1/s1. The first kappa shape index (κ1) is 19.5. The second kappa shape index (κ2) is 10.2. The van der Waals surface area contributed by atoms with Crippen molar-refractivity contribution in [1.82, 2.24) is 4.90 Å². The van der Waals surface area contributed by atoms with Gasteiger partial charge in [-0.2, -0.15) is 0 Å². The minimum Gasteiger partial charge on any atom is -0.493 e. The average molecular weight is 323 g/mol. The van der Waals surface area contributed by atoms with Crippen LogP contribution < -0.4 is 9.47 Å². The summed E-state index contributed by atoms with van der Waals surface area (Å²) in [6.07, 6.45) is 1.56. The molecule has 23 heavy (non-hydrogen) atoms. The lowest BCUT2D eigenvalue weighted by atomic mass is 10.1. The largest absolute Gasteiger partial charge is 0.493 e. The van der Waals surface area contributed by atoms with Crippen LogP contribution in [0, 0.1) is 0 Å². The number of benzene rings is 1. The zero-order valence-corrected chi connectivity index (χ0v) is 14.7. The van der Waals surface area contributed by atoms with Crippen molar-refractivity contribution in [2.24, 2.45) is 0 Å². The van der Waals surface area contributed by atoms with E-state index < -0.39 is 6.10 Å². The van der Waals surface area contributed by atoms with E-state index in [0.717, 1.165) is 25.9 Å². The number of hydrogen-bond donors (Lipinski definition) is 1. The molecule has 0 aliphatic heterocycles. The molecule has 0 bridgehead atoms. The molecule has 1 rings (SSSR count). The maximum atomic E-state index is 11.4. The summed E-state index contributed by atoms with van der Waals surface area (Å²) >= 11 is 0. The summed E-state index contributed by atoms with van der Waals surface area (Å²) in [6, 6.07) is 5.07. The molecule has 0 amide bonds. The van der Waals surface area contributed by atoms with Gasteiger partial charge < -0.3 is 19.5 Å². The van der Waals surface area contributed by atoms with Crippen molar-refractivity contribution in [3.05, 3.63) is 23.8 Å². The number of rotatable bonds is 11. The predicted octanol–water partition coefficient (Wildman–Crippen LogP) is 2.76. The summed E-state index contributed by atoms with van der Waals surface area (Å²) in [5, 5.41) is 10.2. The van der Waals surface area contributed by atoms with Gasteiger partial charge in [0.25, 0.3) is 0 Å². The number of nitrogens with zero attached hydrogens (tertiary/aromatic N) is 1. The lowest BCUT2D eigenvalue weighted by Crippen LogP contribution is -2.36. The average Bonchev–Trinajstić information content (AvgIpc) is 2.53. The second-order valence-corrected chi connectivity index (χ2v) is 5.69. The molecule has 1 aromatic rings. The van der Waals surface area contributed by atoms with Gasteiger partial charge in [0.05, 0.1) is 7.11 Å². The van der Waals surface area contributed by atoms with Crippen molar-refractivity contribution >= 4 is 5.78 Å². The summed E-state index contributed by atoms with van der Waals surface area (Å²) in [5.41, 5.74) is 0.576. The van der Waals surface area contributed by atoms with E-state index >= 15 is 0 Å². The SMILES string of the molecule is CCCN(CCC)C[C@@H](O)COc1ccc(C(C)=O)cc1OC. The van der Waals surface area contributed by atoms with Gasteiger partial charge in [-0.1, -0.05) is 13.8 Å². The molecular weight excluding hydrogens is 294 g/mol. The van der Waals surface area contributed by atoms with Gasteiger partial charge in [0.2, 0.25) is 0 Å². The van der Waals surface area contributed by atoms with Crippen LogP contribution in [0.4, 0.5) is 0 Å². The Morgan fingerprint density at radius 2 is 1.87 bits per heavy atom. The highest BCUT2D eigenvalue weighted by Gasteiger charge is 2.13. The lowest BCUT2D eigenvalue weighted by molar-refractivity contribution is 0.0671. The summed E-state index contributed by atoms with van der Waals surface area (Å²) in [6.45, 7) is 8.51. The number of ketones is 1. The number of methoxy groups -OCH3 is 1. The predicted molar refractivity (Wildman–Crippen MR) is 91.5 cm³/mol. The van der Waals surface area contributed by atoms with Gasteiger partial charge in [0, 0.05) is 12.1 Å². The second-order valence-electron chi connectivity index (χ2n) is 5.69. The quantitative estimate of drug-likeness (QED) is 0.635. The fourth-order valence-corrected chi connectivity index (χ4v) is 2.47. The van der Waals surface area contributed by atoms with E-state index in [-0.39, 0.29) is 12.4 Å². The Balaban J connectivity index is 2.61. The zero-order chi connectivity index (χ0) is 17.2. The topological polar surface area (TPSA) is 59.0 Å². The summed E-state index contributed by atoms with van der Waals surface area (Å²) < 4.78 is 10.9. The molecular formula is C18H29NO4. The van der Waals surface area contributed by atoms with Crippen LogP contribution in [0.2, 0.25) is 0 Å². The summed E-state index contributed by atoms with van der Waals surface area (Å²) in [4.78, 5) is 13.6. The van der Waals surface area contributed by atoms with Crippen molar-refractivity contribution in [3.63, 3.8) is 0 Å². The first-order valence-electron chi connectivity index (χ1n) is 8.23. The molecule has 0 fully saturated rings. The normalized spacial score (nSPS) is 12.3. The first-order chi connectivity index (χ1) is 11.0. The number of carbonyl (C=O) groups excluding carboxylic acids is 1. The Labute approximate surface area is 139 Å². The van der Waals surface area contributed by atoms with E-state index in [1.54, 1.807) is 18.2 Å². The molecule has 0 saturated heterocycles. The van der Waals surface area contributed by atoms with E-state index in [0.29, 0.717) is 23.6 Å². The summed E-state index contributed by atoms with van der Waals surface area (Å²) in [5.74, 6) is 1.02. The zero-order valence-electron chi connectivity index (χ0n) is 14.7. The highest BCUT2D eigenvalue weighted by atomic mass is 16.5.